The Morgan fingerprint density at radius 2 is 2.04 bits per heavy atom. The standard InChI is InChI=1S/C16H24F3N5/c1-13(16(17,18)19)23-8-10-24(11-9-23)15(20-2)22-7-5-14-4-3-6-21-12-14/h3-4,6,12-13H,5,7-11H2,1-2H3,(H,20,22). The van der Waals surface area contributed by atoms with Crippen molar-refractivity contribution in [3.8, 4) is 0 Å². The summed E-state index contributed by atoms with van der Waals surface area (Å²) in [5.74, 6) is 0.734. The zero-order valence-corrected chi connectivity index (χ0v) is 14.1. The number of rotatable bonds is 4. The van der Waals surface area contributed by atoms with E-state index in [9.17, 15) is 13.2 Å². The fourth-order valence-corrected chi connectivity index (χ4v) is 2.72. The molecular weight excluding hydrogens is 319 g/mol. The number of nitrogens with zero attached hydrogens (tertiary/aromatic N) is 4. The van der Waals surface area contributed by atoms with Crippen LogP contribution in [-0.4, -0.2) is 72.7 Å². The summed E-state index contributed by atoms with van der Waals surface area (Å²) in [6, 6.07) is 2.50. The van der Waals surface area contributed by atoms with Crippen molar-refractivity contribution in [1.82, 2.24) is 20.1 Å². The molecule has 0 saturated carbocycles. The summed E-state index contributed by atoms with van der Waals surface area (Å²) in [6.07, 6.45) is 0.197. The Labute approximate surface area is 140 Å². The summed E-state index contributed by atoms with van der Waals surface area (Å²) < 4.78 is 38.4. The highest BCUT2D eigenvalue weighted by molar-refractivity contribution is 5.80. The number of hydrogen-bond acceptors (Lipinski definition) is 3. The van der Waals surface area contributed by atoms with Crippen molar-refractivity contribution in [2.24, 2.45) is 4.99 Å². The van der Waals surface area contributed by atoms with Crippen LogP contribution in [0.2, 0.25) is 0 Å². The Bertz CT molecular complexity index is 524. The molecule has 1 aromatic heterocycles. The minimum absolute atomic E-state index is 0.379. The van der Waals surface area contributed by atoms with Gasteiger partial charge in [0.15, 0.2) is 5.96 Å². The van der Waals surface area contributed by atoms with E-state index in [4.69, 9.17) is 0 Å². The first-order valence-electron chi connectivity index (χ1n) is 8.07. The van der Waals surface area contributed by atoms with Crippen molar-refractivity contribution in [2.75, 3.05) is 39.8 Å². The van der Waals surface area contributed by atoms with E-state index in [-0.39, 0.29) is 0 Å². The number of aliphatic imine (C=N–C) groups is 1. The fourth-order valence-electron chi connectivity index (χ4n) is 2.72. The number of halogens is 3. The lowest BCUT2D eigenvalue weighted by Gasteiger charge is -2.39. The van der Waals surface area contributed by atoms with Crippen molar-refractivity contribution in [1.29, 1.82) is 0 Å². The SMILES string of the molecule is CN=C(NCCc1cccnc1)N1CCN(C(C)C(F)(F)F)CC1. The highest BCUT2D eigenvalue weighted by Gasteiger charge is 2.41. The van der Waals surface area contributed by atoms with Crippen LogP contribution in [0.15, 0.2) is 29.5 Å². The molecule has 1 aromatic rings. The average Bonchev–Trinajstić information content (AvgIpc) is 2.58. The minimum Gasteiger partial charge on any atom is -0.356 e. The zero-order chi connectivity index (χ0) is 17.6. The monoisotopic (exact) mass is 343 g/mol. The van der Waals surface area contributed by atoms with Gasteiger partial charge in [0, 0.05) is 52.2 Å². The molecular formula is C16H24F3N5. The van der Waals surface area contributed by atoms with Crippen molar-refractivity contribution >= 4 is 5.96 Å². The molecule has 2 heterocycles. The summed E-state index contributed by atoms with van der Waals surface area (Å²) in [7, 11) is 1.69. The molecule has 0 aromatic carbocycles. The van der Waals surface area contributed by atoms with Crippen LogP contribution in [0.5, 0.6) is 0 Å². The maximum Gasteiger partial charge on any atom is 0.403 e. The van der Waals surface area contributed by atoms with Gasteiger partial charge in [-0.2, -0.15) is 13.2 Å². The number of hydrogen-bond donors (Lipinski definition) is 1. The van der Waals surface area contributed by atoms with Crippen LogP contribution in [0, 0.1) is 0 Å². The summed E-state index contributed by atoms with van der Waals surface area (Å²) in [5, 5.41) is 3.27. The molecule has 5 nitrogen and oxygen atoms in total. The maximum atomic E-state index is 12.8. The molecule has 1 aliphatic rings. The normalized spacial score (nSPS) is 18.5. The molecule has 1 saturated heterocycles. The number of pyridine rings is 1. The van der Waals surface area contributed by atoms with E-state index in [2.05, 4.69) is 15.3 Å². The largest absolute Gasteiger partial charge is 0.403 e. The third-order valence-electron chi connectivity index (χ3n) is 4.27. The molecule has 0 spiro atoms. The lowest BCUT2D eigenvalue weighted by Crippen LogP contribution is -2.56. The zero-order valence-electron chi connectivity index (χ0n) is 14.1. The molecule has 24 heavy (non-hydrogen) atoms. The van der Waals surface area contributed by atoms with E-state index in [0.717, 1.165) is 17.9 Å². The van der Waals surface area contributed by atoms with Crippen LogP contribution < -0.4 is 5.32 Å². The number of piperazine rings is 1. The predicted molar refractivity (Wildman–Crippen MR) is 88.0 cm³/mol. The molecule has 1 unspecified atom stereocenters. The molecule has 1 atom stereocenters. The fraction of sp³-hybridized carbons (Fsp3) is 0.625. The van der Waals surface area contributed by atoms with Gasteiger partial charge in [0.1, 0.15) is 6.04 Å². The van der Waals surface area contributed by atoms with E-state index in [1.807, 2.05) is 23.2 Å². The molecule has 0 aliphatic carbocycles. The van der Waals surface area contributed by atoms with Gasteiger partial charge in [0.05, 0.1) is 0 Å². The summed E-state index contributed by atoms with van der Waals surface area (Å²) in [5.41, 5.74) is 1.13. The van der Waals surface area contributed by atoms with Crippen LogP contribution in [0.1, 0.15) is 12.5 Å². The Morgan fingerprint density at radius 1 is 1.33 bits per heavy atom. The number of alkyl halides is 3. The van der Waals surface area contributed by atoms with Gasteiger partial charge in [0.25, 0.3) is 0 Å². The third kappa shape index (κ3) is 5.09. The van der Waals surface area contributed by atoms with E-state index in [0.29, 0.717) is 32.7 Å². The van der Waals surface area contributed by atoms with Crippen LogP contribution >= 0.6 is 0 Å². The van der Waals surface area contributed by atoms with Crippen molar-refractivity contribution in [3.05, 3.63) is 30.1 Å². The van der Waals surface area contributed by atoms with Gasteiger partial charge in [-0.05, 0) is 25.0 Å². The lowest BCUT2D eigenvalue weighted by molar-refractivity contribution is -0.181. The van der Waals surface area contributed by atoms with Gasteiger partial charge in [-0.3, -0.25) is 14.9 Å². The molecule has 8 heteroatoms. The first kappa shape index (κ1) is 18.5. The molecule has 134 valence electrons. The smallest absolute Gasteiger partial charge is 0.356 e. The topological polar surface area (TPSA) is 43.8 Å². The molecule has 0 bridgehead atoms. The number of aromatic nitrogens is 1. The second kappa shape index (κ2) is 8.32. The highest BCUT2D eigenvalue weighted by atomic mass is 19.4. The van der Waals surface area contributed by atoms with Gasteiger partial charge in [-0.25, -0.2) is 0 Å². The van der Waals surface area contributed by atoms with Gasteiger partial charge in [0.2, 0.25) is 0 Å². The maximum absolute atomic E-state index is 12.8. The average molecular weight is 343 g/mol. The van der Waals surface area contributed by atoms with Crippen molar-refractivity contribution in [2.45, 2.75) is 25.6 Å². The minimum atomic E-state index is -4.17. The van der Waals surface area contributed by atoms with Gasteiger partial charge < -0.3 is 10.2 Å². The first-order chi connectivity index (χ1) is 11.4. The van der Waals surface area contributed by atoms with Crippen LogP contribution in [0.25, 0.3) is 0 Å². The van der Waals surface area contributed by atoms with E-state index in [1.165, 1.54) is 11.8 Å². The van der Waals surface area contributed by atoms with E-state index in [1.54, 1.807) is 13.2 Å². The first-order valence-corrected chi connectivity index (χ1v) is 8.07. The second-order valence-corrected chi connectivity index (χ2v) is 5.83. The van der Waals surface area contributed by atoms with Gasteiger partial charge in [-0.15, -0.1) is 0 Å². The predicted octanol–water partition coefficient (Wildman–Crippen LogP) is 1.77. The van der Waals surface area contributed by atoms with E-state index >= 15 is 0 Å². The second-order valence-electron chi connectivity index (χ2n) is 5.83. The van der Waals surface area contributed by atoms with Gasteiger partial charge in [-0.1, -0.05) is 6.07 Å². The Morgan fingerprint density at radius 3 is 2.58 bits per heavy atom. The van der Waals surface area contributed by atoms with Crippen LogP contribution in [0.4, 0.5) is 13.2 Å². The Hall–Kier alpha value is -1.83. The van der Waals surface area contributed by atoms with Crippen molar-refractivity contribution in [3.63, 3.8) is 0 Å². The van der Waals surface area contributed by atoms with Crippen molar-refractivity contribution < 1.29 is 13.2 Å². The summed E-state index contributed by atoms with van der Waals surface area (Å²) in [6.45, 7) is 3.75. The third-order valence-corrected chi connectivity index (χ3v) is 4.27. The van der Waals surface area contributed by atoms with Crippen LogP contribution in [-0.2, 0) is 6.42 Å². The quantitative estimate of drug-likeness (QED) is 0.668. The number of guanidine groups is 1. The lowest BCUT2D eigenvalue weighted by atomic mass is 10.2. The number of nitrogens with one attached hydrogen (secondary N) is 1. The Balaban J connectivity index is 1.79. The van der Waals surface area contributed by atoms with Gasteiger partial charge >= 0.3 is 6.18 Å². The molecule has 0 radical (unpaired) electrons. The highest BCUT2D eigenvalue weighted by Crippen LogP contribution is 2.25. The molecule has 1 aliphatic heterocycles. The molecule has 2 rings (SSSR count). The molecule has 1 N–H and O–H groups in total. The van der Waals surface area contributed by atoms with E-state index < -0.39 is 12.2 Å². The Kier molecular flexibility index (Phi) is 6.42. The van der Waals surface area contributed by atoms with Crippen LogP contribution in [0.3, 0.4) is 0 Å². The summed E-state index contributed by atoms with van der Waals surface area (Å²) in [4.78, 5) is 11.8. The molecule has 0 amide bonds. The summed E-state index contributed by atoms with van der Waals surface area (Å²) >= 11 is 0. The molecule has 1 fully saturated rings.